The standard InChI is InChI=1S/C17H17ClF3N3O3.ClH/c18-13-2-1-10(7-12(13)17(19,20)21)16(27)3-5-24(6-4-16)9-11-8-14(25)23-15(26)22-11;/h1-2,7-8,27H,3-6,9H2,(H2,22,23,25,26);1H. The molecular formula is C17H18Cl2F3N3O3. The Morgan fingerprint density at radius 3 is 2.36 bits per heavy atom. The van der Waals surface area contributed by atoms with E-state index in [-0.39, 0.29) is 30.8 Å². The van der Waals surface area contributed by atoms with Crippen molar-refractivity contribution < 1.29 is 18.3 Å². The molecule has 0 aliphatic carbocycles. The van der Waals surface area contributed by atoms with Gasteiger partial charge in [-0.05, 0) is 30.5 Å². The highest BCUT2D eigenvalue weighted by Gasteiger charge is 2.38. The molecule has 1 saturated heterocycles. The van der Waals surface area contributed by atoms with Crippen LogP contribution in [0.25, 0.3) is 0 Å². The van der Waals surface area contributed by atoms with Crippen LogP contribution >= 0.6 is 24.0 Å². The van der Waals surface area contributed by atoms with Crippen LogP contribution in [0.5, 0.6) is 0 Å². The highest BCUT2D eigenvalue weighted by atomic mass is 35.5. The quantitative estimate of drug-likeness (QED) is 0.685. The van der Waals surface area contributed by atoms with Crippen molar-refractivity contribution in [2.24, 2.45) is 0 Å². The Kier molecular flexibility index (Phi) is 6.65. The van der Waals surface area contributed by atoms with E-state index in [1.807, 2.05) is 4.90 Å². The van der Waals surface area contributed by atoms with E-state index >= 15 is 0 Å². The zero-order valence-corrected chi connectivity index (χ0v) is 16.0. The number of piperidine rings is 1. The maximum Gasteiger partial charge on any atom is 0.417 e. The van der Waals surface area contributed by atoms with Crippen LogP contribution in [0, 0.1) is 0 Å². The van der Waals surface area contributed by atoms with Crippen LogP contribution in [-0.2, 0) is 18.3 Å². The van der Waals surface area contributed by atoms with Gasteiger partial charge in [-0.2, -0.15) is 13.2 Å². The highest BCUT2D eigenvalue weighted by Crippen LogP contribution is 2.40. The molecule has 0 unspecified atom stereocenters. The monoisotopic (exact) mass is 439 g/mol. The minimum atomic E-state index is -4.60. The topological polar surface area (TPSA) is 89.2 Å². The molecule has 1 aromatic heterocycles. The zero-order chi connectivity index (χ0) is 19.8. The van der Waals surface area contributed by atoms with Gasteiger partial charge in [0.1, 0.15) is 0 Å². The third kappa shape index (κ3) is 4.96. The lowest BCUT2D eigenvalue weighted by molar-refractivity contribution is -0.137. The van der Waals surface area contributed by atoms with Gasteiger partial charge in [-0.1, -0.05) is 17.7 Å². The average Bonchev–Trinajstić information content (AvgIpc) is 2.55. The van der Waals surface area contributed by atoms with Crippen molar-refractivity contribution in [3.05, 3.63) is 66.9 Å². The number of rotatable bonds is 3. The lowest BCUT2D eigenvalue weighted by Gasteiger charge is -2.38. The number of nitrogens with one attached hydrogen (secondary N) is 2. The summed E-state index contributed by atoms with van der Waals surface area (Å²) in [4.78, 5) is 29.2. The Hall–Kier alpha value is -1.81. The number of likely N-dealkylation sites (tertiary alicyclic amines) is 1. The van der Waals surface area contributed by atoms with Crippen LogP contribution < -0.4 is 11.2 Å². The molecule has 1 fully saturated rings. The van der Waals surface area contributed by atoms with Crippen LogP contribution in [0.1, 0.15) is 29.7 Å². The number of alkyl halides is 3. The van der Waals surface area contributed by atoms with Crippen molar-refractivity contribution in [3.8, 4) is 0 Å². The van der Waals surface area contributed by atoms with E-state index in [1.165, 1.54) is 12.1 Å². The van der Waals surface area contributed by atoms with E-state index < -0.39 is 33.6 Å². The molecule has 1 aromatic carbocycles. The van der Waals surface area contributed by atoms with Gasteiger partial charge in [0.05, 0.1) is 16.2 Å². The van der Waals surface area contributed by atoms with Gasteiger partial charge < -0.3 is 10.1 Å². The highest BCUT2D eigenvalue weighted by molar-refractivity contribution is 6.31. The lowest BCUT2D eigenvalue weighted by Crippen LogP contribution is -2.42. The number of aliphatic hydroxyl groups is 1. The normalized spacial score (nSPS) is 17.2. The molecule has 3 rings (SSSR count). The van der Waals surface area contributed by atoms with Crippen molar-refractivity contribution in [2.45, 2.75) is 31.2 Å². The number of hydrogen-bond acceptors (Lipinski definition) is 4. The molecular weight excluding hydrogens is 422 g/mol. The Balaban J connectivity index is 0.00000280. The number of nitrogens with zero attached hydrogens (tertiary/aromatic N) is 1. The molecule has 3 N–H and O–H groups in total. The lowest BCUT2D eigenvalue weighted by atomic mass is 9.83. The summed E-state index contributed by atoms with van der Waals surface area (Å²) >= 11 is 5.64. The summed E-state index contributed by atoms with van der Waals surface area (Å²) in [6.07, 6.45) is -4.19. The van der Waals surface area contributed by atoms with Crippen LogP contribution in [0.3, 0.4) is 0 Å². The summed E-state index contributed by atoms with van der Waals surface area (Å²) in [5.41, 5.74) is -2.89. The fourth-order valence-electron chi connectivity index (χ4n) is 3.25. The number of H-pyrrole nitrogens is 2. The van der Waals surface area contributed by atoms with E-state index in [4.69, 9.17) is 11.6 Å². The molecule has 0 radical (unpaired) electrons. The van der Waals surface area contributed by atoms with E-state index in [1.54, 1.807) is 0 Å². The molecule has 0 saturated carbocycles. The molecule has 1 aliphatic rings. The van der Waals surface area contributed by atoms with Crippen LogP contribution in [0.4, 0.5) is 13.2 Å². The fourth-order valence-corrected chi connectivity index (χ4v) is 3.47. The van der Waals surface area contributed by atoms with Crippen LogP contribution in [-0.4, -0.2) is 33.1 Å². The smallest absolute Gasteiger partial charge is 0.385 e. The van der Waals surface area contributed by atoms with E-state index in [0.29, 0.717) is 25.3 Å². The van der Waals surface area contributed by atoms with Gasteiger partial charge in [-0.15, -0.1) is 12.4 Å². The maximum atomic E-state index is 13.1. The van der Waals surface area contributed by atoms with E-state index in [2.05, 4.69) is 9.97 Å². The molecule has 0 bridgehead atoms. The van der Waals surface area contributed by atoms with Crippen LogP contribution in [0.15, 0.2) is 33.9 Å². The van der Waals surface area contributed by atoms with Gasteiger partial charge in [0, 0.05) is 31.4 Å². The Labute approximate surface area is 168 Å². The Morgan fingerprint density at radius 1 is 1.14 bits per heavy atom. The molecule has 28 heavy (non-hydrogen) atoms. The first-order chi connectivity index (χ1) is 12.6. The first-order valence-corrected chi connectivity index (χ1v) is 8.59. The summed E-state index contributed by atoms with van der Waals surface area (Å²) in [5, 5.41) is 10.4. The molecule has 1 aliphatic heterocycles. The second kappa shape index (κ2) is 8.28. The van der Waals surface area contributed by atoms with Crippen molar-refractivity contribution >= 4 is 24.0 Å². The predicted molar refractivity (Wildman–Crippen MR) is 99.8 cm³/mol. The molecule has 6 nitrogen and oxygen atoms in total. The number of aromatic nitrogens is 2. The summed E-state index contributed by atoms with van der Waals surface area (Å²) < 4.78 is 39.2. The number of hydrogen-bond donors (Lipinski definition) is 3. The van der Waals surface area contributed by atoms with Crippen molar-refractivity contribution in [1.82, 2.24) is 14.9 Å². The Morgan fingerprint density at radius 2 is 1.79 bits per heavy atom. The summed E-state index contributed by atoms with van der Waals surface area (Å²) in [7, 11) is 0. The molecule has 2 aromatic rings. The third-order valence-corrected chi connectivity index (χ3v) is 5.03. The maximum absolute atomic E-state index is 13.1. The molecule has 154 valence electrons. The minimum Gasteiger partial charge on any atom is -0.385 e. The van der Waals surface area contributed by atoms with Crippen molar-refractivity contribution in [1.29, 1.82) is 0 Å². The first-order valence-electron chi connectivity index (χ1n) is 8.21. The largest absolute Gasteiger partial charge is 0.417 e. The number of halogens is 5. The van der Waals surface area contributed by atoms with Gasteiger partial charge >= 0.3 is 11.9 Å². The van der Waals surface area contributed by atoms with Gasteiger partial charge in [0.2, 0.25) is 0 Å². The van der Waals surface area contributed by atoms with Gasteiger partial charge in [-0.3, -0.25) is 14.7 Å². The molecule has 0 amide bonds. The van der Waals surface area contributed by atoms with Gasteiger partial charge in [0.25, 0.3) is 5.56 Å². The number of benzene rings is 1. The third-order valence-electron chi connectivity index (χ3n) is 4.70. The first kappa shape index (κ1) is 22.5. The van der Waals surface area contributed by atoms with E-state index in [9.17, 15) is 27.9 Å². The minimum absolute atomic E-state index is 0. The Bertz CT molecular complexity index is 923. The van der Waals surface area contributed by atoms with Crippen molar-refractivity contribution in [2.75, 3.05) is 13.1 Å². The summed E-state index contributed by atoms with van der Waals surface area (Å²) in [6, 6.07) is 4.72. The second-order valence-corrected chi connectivity index (χ2v) is 7.02. The molecule has 11 heteroatoms. The zero-order valence-electron chi connectivity index (χ0n) is 14.5. The van der Waals surface area contributed by atoms with Crippen molar-refractivity contribution in [3.63, 3.8) is 0 Å². The molecule has 2 heterocycles. The average molecular weight is 440 g/mol. The second-order valence-electron chi connectivity index (χ2n) is 6.61. The predicted octanol–water partition coefficient (Wildman–Crippen LogP) is 2.64. The fraction of sp³-hybridized carbons (Fsp3) is 0.412. The molecule has 0 spiro atoms. The SMILES string of the molecule is Cl.O=c1cc(CN2CCC(O)(c3ccc(Cl)c(C(F)(F)F)c3)CC2)[nH]c(=O)[nH]1. The molecule has 0 atom stereocenters. The summed E-state index contributed by atoms with van der Waals surface area (Å²) in [5.74, 6) is 0. The van der Waals surface area contributed by atoms with Gasteiger partial charge in [-0.25, -0.2) is 4.79 Å². The number of aromatic amines is 2. The summed E-state index contributed by atoms with van der Waals surface area (Å²) in [6.45, 7) is 1.06. The van der Waals surface area contributed by atoms with Gasteiger partial charge in [0.15, 0.2) is 0 Å². The van der Waals surface area contributed by atoms with Crippen LogP contribution in [0.2, 0.25) is 5.02 Å². The van der Waals surface area contributed by atoms with E-state index in [0.717, 1.165) is 12.1 Å².